The molecule has 0 fully saturated rings. The van der Waals surface area contributed by atoms with Crippen LogP contribution in [0.5, 0.6) is 0 Å². The molecule has 0 unspecified atom stereocenters. The predicted octanol–water partition coefficient (Wildman–Crippen LogP) is 1.66. The molecule has 0 aliphatic rings. The van der Waals surface area contributed by atoms with Crippen molar-refractivity contribution < 1.29 is 23.0 Å². The Kier molecular flexibility index (Phi) is 8.60. The van der Waals surface area contributed by atoms with Gasteiger partial charge in [0.2, 0.25) is 0 Å². The molecule has 16 heavy (non-hydrogen) atoms. The number of rotatable bonds is 9. The van der Waals surface area contributed by atoms with Gasteiger partial charge in [0.05, 0.1) is 0 Å². The van der Waals surface area contributed by atoms with Gasteiger partial charge in [-0.05, 0) is 19.4 Å². The number of halogens is 3. The summed E-state index contributed by atoms with van der Waals surface area (Å²) in [6.07, 6.45) is -2.96. The molecule has 6 heteroatoms. The Hall–Kier alpha value is -0.330. The van der Waals surface area contributed by atoms with Crippen molar-refractivity contribution >= 4 is 0 Å². The standard InChI is InChI=1S/C10H20F3NO2/c1-2-14(5-3-7-15)6-4-8-16-9-10(11,12)13/h15H,2-9H2,1H3. The molecule has 3 nitrogen and oxygen atoms in total. The van der Waals surface area contributed by atoms with Crippen LogP contribution in [0.4, 0.5) is 13.2 Å². The number of aliphatic hydroxyl groups is 1. The molecular weight excluding hydrogens is 223 g/mol. The second kappa shape index (κ2) is 8.78. The highest BCUT2D eigenvalue weighted by molar-refractivity contribution is 4.55. The Morgan fingerprint density at radius 3 is 2.31 bits per heavy atom. The normalized spacial score (nSPS) is 12.4. The molecule has 0 amide bonds. The Morgan fingerprint density at radius 1 is 1.19 bits per heavy atom. The Balaban J connectivity index is 3.41. The van der Waals surface area contributed by atoms with Crippen LogP contribution in [0.3, 0.4) is 0 Å². The van der Waals surface area contributed by atoms with E-state index in [4.69, 9.17) is 5.11 Å². The lowest BCUT2D eigenvalue weighted by molar-refractivity contribution is -0.174. The van der Waals surface area contributed by atoms with Crippen LogP contribution in [0.2, 0.25) is 0 Å². The predicted molar refractivity (Wildman–Crippen MR) is 55.3 cm³/mol. The van der Waals surface area contributed by atoms with Crippen LogP contribution in [-0.2, 0) is 4.74 Å². The number of hydrogen-bond donors (Lipinski definition) is 1. The molecule has 0 aliphatic heterocycles. The number of alkyl halides is 3. The highest BCUT2D eigenvalue weighted by atomic mass is 19.4. The molecule has 0 atom stereocenters. The summed E-state index contributed by atoms with van der Waals surface area (Å²) in [7, 11) is 0. The van der Waals surface area contributed by atoms with Crippen LogP contribution in [0, 0.1) is 0 Å². The minimum absolute atomic E-state index is 0.120. The van der Waals surface area contributed by atoms with Gasteiger partial charge in [-0.15, -0.1) is 0 Å². The van der Waals surface area contributed by atoms with E-state index in [-0.39, 0.29) is 13.2 Å². The molecule has 0 heterocycles. The first-order valence-corrected chi connectivity index (χ1v) is 5.47. The van der Waals surface area contributed by atoms with Crippen LogP contribution < -0.4 is 0 Å². The molecule has 0 aromatic rings. The minimum Gasteiger partial charge on any atom is -0.396 e. The second-order valence-corrected chi connectivity index (χ2v) is 3.53. The van der Waals surface area contributed by atoms with E-state index in [0.29, 0.717) is 19.4 Å². The fourth-order valence-corrected chi connectivity index (χ4v) is 1.30. The monoisotopic (exact) mass is 243 g/mol. The first-order chi connectivity index (χ1) is 7.49. The number of ether oxygens (including phenoxy) is 1. The highest BCUT2D eigenvalue weighted by Crippen LogP contribution is 2.14. The summed E-state index contributed by atoms with van der Waals surface area (Å²) < 4.78 is 39.6. The zero-order valence-corrected chi connectivity index (χ0v) is 9.59. The summed E-state index contributed by atoms with van der Waals surface area (Å²) >= 11 is 0. The van der Waals surface area contributed by atoms with Crippen molar-refractivity contribution in [3.63, 3.8) is 0 Å². The Bertz CT molecular complexity index is 165. The molecule has 0 spiro atoms. The van der Waals surface area contributed by atoms with Crippen molar-refractivity contribution in [3.05, 3.63) is 0 Å². The van der Waals surface area contributed by atoms with E-state index < -0.39 is 12.8 Å². The quantitative estimate of drug-likeness (QED) is 0.625. The van der Waals surface area contributed by atoms with Crippen LogP contribution in [0.15, 0.2) is 0 Å². The highest BCUT2D eigenvalue weighted by Gasteiger charge is 2.27. The SMILES string of the molecule is CCN(CCCO)CCCOCC(F)(F)F. The van der Waals surface area contributed by atoms with Gasteiger partial charge >= 0.3 is 6.18 Å². The van der Waals surface area contributed by atoms with Crippen molar-refractivity contribution in [2.45, 2.75) is 25.9 Å². The van der Waals surface area contributed by atoms with Crippen molar-refractivity contribution in [2.24, 2.45) is 0 Å². The number of nitrogens with zero attached hydrogens (tertiary/aromatic N) is 1. The van der Waals surface area contributed by atoms with Gasteiger partial charge in [0.1, 0.15) is 6.61 Å². The van der Waals surface area contributed by atoms with Crippen LogP contribution >= 0.6 is 0 Å². The molecule has 0 rings (SSSR count). The van der Waals surface area contributed by atoms with E-state index in [1.807, 2.05) is 6.92 Å². The van der Waals surface area contributed by atoms with E-state index in [1.165, 1.54) is 0 Å². The maximum Gasteiger partial charge on any atom is 0.411 e. The molecule has 0 radical (unpaired) electrons. The van der Waals surface area contributed by atoms with E-state index in [1.54, 1.807) is 0 Å². The first-order valence-electron chi connectivity index (χ1n) is 5.47. The van der Waals surface area contributed by atoms with Crippen LogP contribution in [0.25, 0.3) is 0 Å². The summed E-state index contributed by atoms with van der Waals surface area (Å²) in [6, 6.07) is 0. The molecular formula is C10H20F3NO2. The van der Waals surface area contributed by atoms with Crippen LogP contribution in [0.1, 0.15) is 19.8 Å². The molecule has 0 bridgehead atoms. The number of aliphatic hydroxyl groups excluding tert-OH is 1. The molecule has 0 aromatic carbocycles. The third-order valence-corrected chi connectivity index (χ3v) is 2.11. The molecule has 0 saturated carbocycles. The van der Waals surface area contributed by atoms with Gasteiger partial charge in [0, 0.05) is 26.3 Å². The van der Waals surface area contributed by atoms with Gasteiger partial charge in [0.25, 0.3) is 0 Å². The van der Waals surface area contributed by atoms with Gasteiger partial charge in [-0.2, -0.15) is 13.2 Å². The fraction of sp³-hybridized carbons (Fsp3) is 1.00. The largest absolute Gasteiger partial charge is 0.411 e. The lowest BCUT2D eigenvalue weighted by atomic mass is 10.3. The molecule has 1 N–H and O–H groups in total. The third-order valence-electron chi connectivity index (χ3n) is 2.11. The van der Waals surface area contributed by atoms with E-state index >= 15 is 0 Å². The first kappa shape index (κ1) is 15.7. The molecule has 0 saturated heterocycles. The Labute approximate surface area is 94.2 Å². The Morgan fingerprint density at radius 2 is 1.81 bits per heavy atom. The van der Waals surface area contributed by atoms with Gasteiger partial charge < -0.3 is 14.7 Å². The van der Waals surface area contributed by atoms with Crippen LogP contribution in [-0.4, -0.2) is 55.6 Å². The summed E-state index contributed by atoms with van der Waals surface area (Å²) in [4.78, 5) is 2.08. The molecule has 0 aliphatic carbocycles. The summed E-state index contributed by atoms with van der Waals surface area (Å²) in [5.41, 5.74) is 0. The maximum atomic E-state index is 11.7. The summed E-state index contributed by atoms with van der Waals surface area (Å²) in [6.45, 7) is 3.37. The zero-order chi connectivity index (χ0) is 12.4. The van der Waals surface area contributed by atoms with E-state index in [0.717, 1.165) is 13.1 Å². The van der Waals surface area contributed by atoms with E-state index in [2.05, 4.69) is 9.64 Å². The van der Waals surface area contributed by atoms with Gasteiger partial charge in [-0.25, -0.2) is 0 Å². The molecule has 0 aromatic heterocycles. The summed E-state index contributed by atoms with van der Waals surface area (Å²) in [5.74, 6) is 0. The lowest BCUT2D eigenvalue weighted by Gasteiger charge is -2.19. The lowest BCUT2D eigenvalue weighted by Crippen LogP contribution is -2.27. The summed E-state index contributed by atoms with van der Waals surface area (Å²) in [5, 5.41) is 8.63. The van der Waals surface area contributed by atoms with Crippen molar-refractivity contribution in [1.29, 1.82) is 0 Å². The second-order valence-electron chi connectivity index (χ2n) is 3.53. The average molecular weight is 243 g/mol. The number of hydrogen-bond acceptors (Lipinski definition) is 3. The maximum absolute atomic E-state index is 11.7. The average Bonchev–Trinajstić information content (AvgIpc) is 2.20. The van der Waals surface area contributed by atoms with Gasteiger partial charge in [-0.1, -0.05) is 6.92 Å². The smallest absolute Gasteiger partial charge is 0.396 e. The van der Waals surface area contributed by atoms with Gasteiger partial charge in [0.15, 0.2) is 0 Å². The minimum atomic E-state index is -4.23. The van der Waals surface area contributed by atoms with Crippen molar-refractivity contribution in [1.82, 2.24) is 4.90 Å². The third kappa shape index (κ3) is 10.2. The topological polar surface area (TPSA) is 32.7 Å². The van der Waals surface area contributed by atoms with E-state index in [9.17, 15) is 13.2 Å². The fourth-order valence-electron chi connectivity index (χ4n) is 1.30. The van der Waals surface area contributed by atoms with Gasteiger partial charge in [-0.3, -0.25) is 0 Å². The molecule has 98 valence electrons. The zero-order valence-electron chi connectivity index (χ0n) is 9.59. The van der Waals surface area contributed by atoms with Crippen molar-refractivity contribution in [2.75, 3.05) is 39.5 Å². The van der Waals surface area contributed by atoms with Crippen molar-refractivity contribution in [3.8, 4) is 0 Å².